The molecule has 0 fully saturated rings. The number of hydrogen-bond donors (Lipinski definition) is 3. The summed E-state index contributed by atoms with van der Waals surface area (Å²) in [5.74, 6) is 1.56. The highest BCUT2D eigenvalue weighted by atomic mass is 15.2. The molecule has 0 aromatic carbocycles. The normalized spacial score (nSPS) is 10.2. The number of aromatic nitrogens is 5. The number of hydrogen-bond acceptors (Lipinski definition) is 6. The molecule has 0 aliphatic rings. The van der Waals surface area contributed by atoms with Gasteiger partial charge in [0.1, 0.15) is 18.5 Å². The number of nitrogens with one attached hydrogen (secondary N) is 2. The summed E-state index contributed by atoms with van der Waals surface area (Å²) in [5, 5.41) is 9.72. The molecule has 2 aromatic rings. The van der Waals surface area contributed by atoms with Gasteiger partial charge in [-0.15, -0.1) is 0 Å². The average molecular weight is 219 g/mol. The maximum atomic E-state index is 5.68. The summed E-state index contributed by atoms with van der Waals surface area (Å²) in [4.78, 5) is 11.9. The predicted molar refractivity (Wildman–Crippen MR) is 59.6 cm³/mol. The summed E-state index contributed by atoms with van der Waals surface area (Å²) >= 11 is 0. The van der Waals surface area contributed by atoms with Gasteiger partial charge in [-0.05, 0) is 6.42 Å². The number of aromatic amines is 1. The smallest absolute Gasteiger partial charge is 0.152 e. The van der Waals surface area contributed by atoms with Crippen LogP contribution in [0.1, 0.15) is 12.2 Å². The molecule has 0 amide bonds. The van der Waals surface area contributed by atoms with Crippen molar-refractivity contribution in [1.82, 2.24) is 25.1 Å². The molecule has 0 aliphatic heterocycles. The van der Waals surface area contributed by atoms with Crippen molar-refractivity contribution in [1.29, 1.82) is 0 Å². The van der Waals surface area contributed by atoms with Crippen LogP contribution in [-0.2, 0) is 6.42 Å². The number of nitrogens with two attached hydrogens (primary N) is 1. The molecule has 4 N–H and O–H groups in total. The Balaban J connectivity index is 1.74. The van der Waals surface area contributed by atoms with Crippen molar-refractivity contribution >= 4 is 11.5 Å². The molecule has 16 heavy (non-hydrogen) atoms. The van der Waals surface area contributed by atoms with Crippen LogP contribution >= 0.6 is 0 Å². The summed E-state index contributed by atoms with van der Waals surface area (Å²) < 4.78 is 0. The van der Waals surface area contributed by atoms with E-state index in [1.807, 2.05) is 0 Å². The van der Waals surface area contributed by atoms with Gasteiger partial charge in [0.05, 0.1) is 11.9 Å². The number of aryl methyl sites for hydroxylation is 1. The number of H-pyrrole nitrogens is 1. The molecule has 0 atom stereocenters. The van der Waals surface area contributed by atoms with E-state index < -0.39 is 0 Å². The maximum Gasteiger partial charge on any atom is 0.152 e. The SMILES string of the molecule is Nc1cncnc1NCCCc1ncn[nH]1. The molecule has 2 rings (SSSR count). The van der Waals surface area contributed by atoms with Crippen molar-refractivity contribution in [2.45, 2.75) is 12.8 Å². The van der Waals surface area contributed by atoms with Gasteiger partial charge in [-0.2, -0.15) is 5.10 Å². The van der Waals surface area contributed by atoms with Crippen LogP contribution in [-0.4, -0.2) is 31.7 Å². The summed E-state index contributed by atoms with van der Waals surface area (Å²) in [5.41, 5.74) is 6.24. The molecule has 7 nitrogen and oxygen atoms in total. The Labute approximate surface area is 92.5 Å². The Kier molecular flexibility index (Phi) is 3.27. The zero-order chi connectivity index (χ0) is 11.2. The summed E-state index contributed by atoms with van der Waals surface area (Å²) in [7, 11) is 0. The first kappa shape index (κ1) is 10.3. The lowest BCUT2D eigenvalue weighted by Crippen LogP contribution is -2.07. The monoisotopic (exact) mass is 219 g/mol. The summed E-state index contributed by atoms with van der Waals surface area (Å²) in [6.07, 6.45) is 6.32. The Hall–Kier alpha value is -2.18. The van der Waals surface area contributed by atoms with Crippen LogP contribution in [0.3, 0.4) is 0 Å². The molecule has 2 heterocycles. The van der Waals surface area contributed by atoms with Gasteiger partial charge in [0.2, 0.25) is 0 Å². The molecule has 2 aromatic heterocycles. The standard InChI is InChI=1S/C9H13N7/c10-7-4-11-5-14-9(7)12-3-1-2-8-13-6-15-16-8/h4-6H,1-3,10H2,(H,11,12,14)(H,13,15,16). The molecule has 84 valence electrons. The van der Waals surface area contributed by atoms with E-state index >= 15 is 0 Å². The minimum atomic E-state index is 0.558. The fourth-order valence-corrected chi connectivity index (χ4v) is 1.30. The predicted octanol–water partition coefficient (Wildman–Crippen LogP) is 0.222. The first-order chi connectivity index (χ1) is 7.86. The zero-order valence-corrected chi connectivity index (χ0v) is 8.72. The highest BCUT2D eigenvalue weighted by Gasteiger charge is 1.99. The first-order valence-corrected chi connectivity index (χ1v) is 5.00. The van der Waals surface area contributed by atoms with Gasteiger partial charge in [0, 0.05) is 13.0 Å². The third-order valence-electron chi connectivity index (χ3n) is 2.09. The third kappa shape index (κ3) is 2.66. The minimum absolute atomic E-state index is 0.558. The van der Waals surface area contributed by atoms with E-state index in [1.54, 1.807) is 6.20 Å². The fraction of sp³-hybridized carbons (Fsp3) is 0.333. The first-order valence-electron chi connectivity index (χ1n) is 5.00. The Morgan fingerprint density at radius 3 is 3.00 bits per heavy atom. The Bertz CT molecular complexity index is 425. The molecule has 0 aliphatic carbocycles. The second kappa shape index (κ2) is 5.06. The van der Waals surface area contributed by atoms with Crippen molar-refractivity contribution in [3.05, 3.63) is 24.7 Å². The molecular weight excluding hydrogens is 206 g/mol. The van der Waals surface area contributed by atoms with E-state index in [4.69, 9.17) is 5.73 Å². The van der Waals surface area contributed by atoms with Crippen LogP contribution in [0.5, 0.6) is 0 Å². The molecular formula is C9H13N7. The van der Waals surface area contributed by atoms with Crippen molar-refractivity contribution in [3.8, 4) is 0 Å². The molecule has 0 radical (unpaired) electrons. The van der Waals surface area contributed by atoms with Crippen LogP contribution in [0.4, 0.5) is 11.5 Å². The Morgan fingerprint density at radius 2 is 2.25 bits per heavy atom. The fourth-order valence-electron chi connectivity index (χ4n) is 1.30. The van der Waals surface area contributed by atoms with E-state index in [0.717, 1.165) is 25.2 Å². The van der Waals surface area contributed by atoms with Crippen LogP contribution in [0.2, 0.25) is 0 Å². The van der Waals surface area contributed by atoms with Crippen molar-refractivity contribution < 1.29 is 0 Å². The molecule has 0 saturated carbocycles. The van der Waals surface area contributed by atoms with Gasteiger partial charge >= 0.3 is 0 Å². The van der Waals surface area contributed by atoms with Crippen LogP contribution in [0, 0.1) is 0 Å². The van der Waals surface area contributed by atoms with Gasteiger partial charge in [0.15, 0.2) is 5.82 Å². The number of nitrogens with zero attached hydrogens (tertiary/aromatic N) is 4. The van der Waals surface area contributed by atoms with Gasteiger partial charge in [-0.1, -0.05) is 0 Å². The van der Waals surface area contributed by atoms with E-state index in [0.29, 0.717) is 11.5 Å². The number of rotatable bonds is 5. The average Bonchev–Trinajstić information content (AvgIpc) is 2.79. The lowest BCUT2D eigenvalue weighted by atomic mass is 10.3. The van der Waals surface area contributed by atoms with Crippen molar-refractivity contribution in [2.75, 3.05) is 17.6 Å². The second-order valence-electron chi connectivity index (χ2n) is 3.29. The minimum Gasteiger partial charge on any atom is -0.394 e. The largest absolute Gasteiger partial charge is 0.394 e. The van der Waals surface area contributed by atoms with E-state index in [1.165, 1.54) is 12.7 Å². The summed E-state index contributed by atoms with van der Waals surface area (Å²) in [6.45, 7) is 0.780. The lowest BCUT2D eigenvalue weighted by molar-refractivity contribution is 0.803. The molecule has 7 heteroatoms. The second-order valence-corrected chi connectivity index (χ2v) is 3.29. The molecule has 0 unspecified atom stereocenters. The lowest BCUT2D eigenvalue weighted by Gasteiger charge is -2.06. The molecule has 0 spiro atoms. The van der Waals surface area contributed by atoms with Gasteiger partial charge in [-0.3, -0.25) is 5.10 Å². The quantitative estimate of drug-likeness (QED) is 0.621. The summed E-state index contributed by atoms with van der Waals surface area (Å²) in [6, 6.07) is 0. The topological polar surface area (TPSA) is 105 Å². The number of nitrogen functional groups attached to an aromatic ring is 1. The van der Waals surface area contributed by atoms with Gasteiger partial charge in [0.25, 0.3) is 0 Å². The zero-order valence-electron chi connectivity index (χ0n) is 8.72. The van der Waals surface area contributed by atoms with E-state index in [2.05, 4.69) is 30.5 Å². The van der Waals surface area contributed by atoms with Crippen LogP contribution < -0.4 is 11.1 Å². The van der Waals surface area contributed by atoms with Gasteiger partial charge < -0.3 is 11.1 Å². The molecule has 0 saturated heterocycles. The highest BCUT2D eigenvalue weighted by molar-refractivity contribution is 5.58. The van der Waals surface area contributed by atoms with Crippen molar-refractivity contribution in [2.24, 2.45) is 0 Å². The molecule has 0 bridgehead atoms. The van der Waals surface area contributed by atoms with Gasteiger partial charge in [-0.25, -0.2) is 15.0 Å². The van der Waals surface area contributed by atoms with Crippen LogP contribution in [0.25, 0.3) is 0 Å². The number of anilines is 2. The van der Waals surface area contributed by atoms with Crippen LogP contribution in [0.15, 0.2) is 18.9 Å². The Morgan fingerprint density at radius 1 is 1.31 bits per heavy atom. The third-order valence-corrected chi connectivity index (χ3v) is 2.09. The maximum absolute atomic E-state index is 5.68. The van der Waals surface area contributed by atoms with Crippen molar-refractivity contribution in [3.63, 3.8) is 0 Å². The van der Waals surface area contributed by atoms with E-state index in [-0.39, 0.29) is 0 Å². The highest BCUT2D eigenvalue weighted by Crippen LogP contribution is 2.10. The van der Waals surface area contributed by atoms with E-state index in [9.17, 15) is 0 Å².